The normalized spacial score (nSPS) is 13.7. The fourth-order valence-corrected chi connectivity index (χ4v) is 3.17. The molecule has 0 amide bonds. The van der Waals surface area contributed by atoms with Crippen LogP contribution in [0.1, 0.15) is 38.9 Å². The summed E-state index contributed by atoms with van der Waals surface area (Å²) in [6, 6.07) is -0.134. The molecule has 7 heteroatoms. The SMILES string of the molecule is CCCn1cc(S(=O)(=O)NC(C)CCCN)nc1C. The van der Waals surface area contributed by atoms with Crippen LogP contribution in [0, 0.1) is 6.92 Å². The van der Waals surface area contributed by atoms with E-state index in [1.54, 1.807) is 6.20 Å². The molecule has 0 aliphatic heterocycles. The highest BCUT2D eigenvalue weighted by Gasteiger charge is 2.21. The second-order valence-electron chi connectivity index (χ2n) is 4.77. The molecule has 0 saturated heterocycles. The molecule has 1 aromatic heterocycles. The van der Waals surface area contributed by atoms with Crippen molar-refractivity contribution in [3.8, 4) is 0 Å². The standard InChI is InChI=1S/C12H24N4O2S/c1-4-8-16-9-12(14-11(16)3)19(17,18)15-10(2)6-5-7-13/h9-10,15H,4-8,13H2,1-3H3. The van der Waals surface area contributed by atoms with E-state index >= 15 is 0 Å². The van der Waals surface area contributed by atoms with Gasteiger partial charge in [-0.15, -0.1) is 0 Å². The minimum atomic E-state index is -3.53. The number of imidazole rings is 1. The molecular weight excluding hydrogens is 264 g/mol. The average Bonchev–Trinajstić information content (AvgIpc) is 2.69. The van der Waals surface area contributed by atoms with E-state index in [4.69, 9.17) is 5.73 Å². The lowest BCUT2D eigenvalue weighted by atomic mass is 10.2. The summed E-state index contributed by atoms with van der Waals surface area (Å²) >= 11 is 0. The summed E-state index contributed by atoms with van der Waals surface area (Å²) in [6.45, 7) is 7.03. The van der Waals surface area contributed by atoms with Crippen LogP contribution < -0.4 is 10.5 Å². The Morgan fingerprint density at radius 3 is 2.79 bits per heavy atom. The maximum absolute atomic E-state index is 12.2. The van der Waals surface area contributed by atoms with E-state index in [0.717, 1.165) is 31.6 Å². The zero-order valence-electron chi connectivity index (χ0n) is 11.9. The molecule has 1 atom stereocenters. The third kappa shape index (κ3) is 4.59. The van der Waals surface area contributed by atoms with Gasteiger partial charge in [0.25, 0.3) is 10.0 Å². The Morgan fingerprint density at radius 2 is 2.21 bits per heavy atom. The van der Waals surface area contributed by atoms with E-state index in [1.807, 2.05) is 25.3 Å². The van der Waals surface area contributed by atoms with Crippen LogP contribution in [-0.4, -0.2) is 30.6 Å². The molecule has 0 radical (unpaired) electrons. The lowest BCUT2D eigenvalue weighted by Crippen LogP contribution is -2.33. The molecule has 6 nitrogen and oxygen atoms in total. The van der Waals surface area contributed by atoms with E-state index in [1.165, 1.54) is 0 Å². The van der Waals surface area contributed by atoms with Crippen LogP contribution in [0.2, 0.25) is 0 Å². The third-order valence-corrected chi connectivity index (χ3v) is 4.35. The highest BCUT2D eigenvalue weighted by molar-refractivity contribution is 7.89. The quantitative estimate of drug-likeness (QED) is 0.747. The van der Waals surface area contributed by atoms with Crippen molar-refractivity contribution in [3.05, 3.63) is 12.0 Å². The molecule has 0 fully saturated rings. The molecular formula is C12H24N4O2S. The van der Waals surface area contributed by atoms with Gasteiger partial charge in [0.15, 0.2) is 5.03 Å². The topological polar surface area (TPSA) is 90.0 Å². The van der Waals surface area contributed by atoms with Crippen molar-refractivity contribution < 1.29 is 8.42 Å². The second kappa shape index (κ2) is 7.02. The van der Waals surface area contributed by atoms with Gasteiger partial charge in [0.1, 0.15) is 5.82 Å². The Balaban J connectivity index is 2.79. The minimum Gasteiger partial charge on any atom is -0.334 e. The fraction of sp³-hybridized carbons (Fsp3) is 0.750. The van der Waals surface area contributed by atoms with Crippen LogP contribution in [0.15, 0.2) is 11.2 Å². The molecule has 1 aromatic rings. The zero-order chi connectivity index (χ0) is 14.5. The molecule has 0 bridgehead atoms. The van der Waals surface area contributed by atoms with Crippen molar-refractivity contribution in [2.45, 2.75) is 57.6 Å². The van der Waals surface area contributed by atoms with Gasteiger partial charge >= 0.3 is 0 Å². The third-order valence-electron chi connectivity index (χ3n) is 2.89. The predicted molar refractivity (Wildman–Crippen MR) is 75.3 cm³/mol. The number of rotatable bonds is 8. The number of aromatic nitrogens is 2. The largest absolute Gasteiger partial charge is 0.334 e. The lowest BCUT2D eigenvalue weighted by molar-refractivity contribution is 0.536. The van der Waals surface area contributed by atoms with Crippen molar-refractivity contribution in [1.29, 1.82) is 0 Å². The summed E-state index contributed by atoms with van der Waals surface area (Å²) < 4.78 is 28.8. The summed E-state index contributed by atoms with van der Waals surface area (Å²) in [5.41, 5.74) is 5.42. The van der Waals surface area contributed by atoms with Gasteiger partial charge in [0.2, 0.25) is 0 Å². The van der Waals surface area contributed by atoms with Crippen LogP contribution in [0.25, 0.3) is 0 Å². The molecule has 110 valence electrons. The molecule has 0 aromatic carbocycles. The zero-order valence-corrected chi connectivity index (χ0v) is 12.7. The Hall–Kier alpha value is -0.920. The number of nitrogens with zero attached hydrogens (tertiary/aromatic N) is 2. The van der Waals surface area contributed by atoms with Crippen LogP contribution in [-0.2, 0) is 16.6 Å². The number of hydrogen-bond acceptors (Lipinski definition) is 4. The summed E-state index contributed by atoms with van der Waals surface area (Å²) in [4.78, 5) is 4.12. The van der Waals surface area contributed by atoms with Crippen molar-refractivity contribution >= 4 is 10.0 Å². The van der Waals surface area contributed by atoms with Gasteiger partial charge in [-0.05, 0) is 39.7 Å². The number of nitrogens with two attached hydrogens (primary N) is 1. The van der Waals surface area contributed by atoms with Crippen molar-refractivity contribution in [2.24, 2.45) is 5.73 Å². The van der Waals surface area contributed by atoms with Gasteiger partial charge in [-0.2, -0.15) is 0 Å². The first-order valence-corrected chi connectivity index (χ1v) is 8.15. The Labute approximate surface area is 115 Å². The molecule has 0 spiro atoms. The first-order valence-electron chi connectivity index (χ1n) is 6.67. The molecule has 19 heavy (non-hydrogen) atoms. The molecule has 0 aliphatic carbocycles. The Morgan fingerprint density at radius 1 is 1.53 bits per heavy atom. The van der Waals surface area contributed by atoms with Crippen molar-refractivity contribution in [3.63, 3.8) is 0 Å². The molecule has 3 N–H and O–H groups in total. The summed E-state index contributed by atoms with van der Waals surface area (Å²) in [5, 5.41) is 0.0954. The lowest BCUT2D eigenvalue weighted by Gasteiger charge is -2.12. The van der Waals surface area contributed by atoms with Gasteiger partial charge in [-0.3, -0.25) is 0 Å². The monoisotopic (exact) mass is 288 g/mol. The average molecular weight is 288 g/mol. The predicted octanol–water partition coefficient (Wildman–Crippen LogP) is 1.01. The maximum atomic E-state index is 12.2. The van der Waals surface area contributed by atoms with Crippen LogP contribution in [0.5, 0.6) is 0 Å². The molecule has 1 heterocycles. The minimum absolute atomic E-state index is 0.0954. The van der Waals surface area contributed by atoms with E-state index in [0.29, 0.717) is 6.54 Å². The number of hydrogen-bond donors (Lipinski definition) is 2. The van der Waals surface area contributed by atoms with Gasteiger partial charge < -0.3 is 10.3 Å². The Bertz CT molecular complexity index is 496. The van der Waals surface area contributed by atoms with Crippen LogP contribution >= 0.6 is 0 Å². The van der Waals surface area contributed by atoms with E-state index in [-0.39, 0.29) is 11.1 Å². The number of nitrogens with one attached hydrogen (secondary N) is 1. The van der Waals surface area contributed by atoms with Gasteiger partial charge in [0, 0.05) is 18.8 Å². The highest BCUT2D eigenvalue weighted by Crippen LogP contribution is 2.11. The van der Waals surface area contributed by atoms with Gasteiger partial charge in [-0.1, -0.05) is 6.92 Å². The molecule has 0 aliphatic rings. The fourth-order valence-electron chi connectivity index (χ4n) is 1.88. The van der Waals surface area contributed by atoms with Gasteiger partial charge in [0.05, 0.1) is 0 Å². The van der Waals surface area contributed by atoms with Gasteiger partial charge in [-0.25, -0.2) is 18.1 Å². The van der Waals surface area contributed by atoms with Crippen molar-refractivity contribution in [2.75, 3.05) is 6.54 Å². The highest BCUT2D eigenvalue weighted by atomic mass is 32.2. The summed E-state index contributed by atoms with van der Waals surface area (Å²) in [6.07, 6.45) is 4.06. The summed E-state index contributed by atoms with van der Waals surface area (Å²) in [7, 11) is -3.53. The number of aryl methyl sites for hydroxylation is 2. The van der Waals surface area contributed by atoms with Crippen LogP contribution in [0.3, 0.4) is 0 Å². The first-order chi connectivity index (χ1) is 8.90. The van der Waals surface area contributed by atoms with Crippen molar-refractivity contribution in [1.82, 2.24) is 14.3 Å². The van der Waals surface area contributed by atoms with E-state index in [9.17, 15) is 8.42 Å². The molecule has 1 rings (SSSR count). The van der Waals surface area contributed by atoms with E-state index < -0.39 is 10.0 Å². The first kappa shape index (κ1) is 16.1. The van der Waals surface area contributed by atoms with E-state index in [2.05, 4.69) is 9.71 Å². The number of sulfonamides is 1. The second-order valence-corrected chi connectivity index (χ2v) is 6.43. The smallest absolute Gasteiger partial charge is 0.259 e. The Kier molecular flexibility index (Phi) is 5.96. The molecule has 1 unspecified atom stereocenters. The van der Waals surface area contributed by atoms with Crippen LogP contribution in [0.4, 0.5) is 0 Å². The summed E-state index contributed by atoms with van der Waals surface area (Å²) in [5.74, 6) is 0.719. The molecule has 0 saturated carbocycles. The maximum Gasteiger partial charge on any atom is 0.259 e.